The molecule has 0 atom stereocenters. The highest BCUT2D eigenvalue weighted by Gasteiger charge is 2.12. The largest absolute Gasteiger partial charge is 0.494 e. The van der Waals surface area contributed by atoms with Gasteiger partial charge in [0, 0.05) is 0 Å². The van der Waals surface area contributed by atoms with Gasteiger partial charge in [-0.05, 0) is 61.9 Å². The Balaban J connectivity index is 2.13. The predicted octanol–water partition coefficient (Wildman–Crippen LogP) is 4.53. The molecule has 1 aromatic carbocycles. The Bertz CT molecular complexity index is 351. The van der Waals surface area contributed by atoms with E-state index in [2.05, 4.69) is 57.3 Å². The molecule has 0 saturated carbocycles. The van der Waals surface area contributed by atoms with Crippen LogP contribution in [0.25, 0.3) is 0 Å². The van der Waals surface area contributed by atoms with Crippen molar-refractivity contribution >= 4 is 0 Å². The molecular weight excluding hydrogens is 246 g/mol. The van der Waals surface area contributed by atoms with E-state index < -0.39 is 0 Å². The van der Waals surface area contributed by atoms with Crippen LogP contribution < -0.4 is 10.1 Å². The number of benzene rings is 1. The fourth-order valence-corrected chi connectivity index (χ4v) is 2.07. The van der Waals surface area contributed by atoms with E-state index >= 15 is 0 Å². The molecule has 0 radical (unpaired) electrons. The Kier molecular flexibility index (Phi) is 7.68. The molecule has 114 valence electrons. The lowest BCUT2D eigenvalue weighted by Gasteiger charge is -2.19. The first-order valence-corrected chi connectivity index (χ1v) is 7.98. The molecule has 1 rings (SSSR count). The number of nitrogens with one attached hydrogen (secondary N) is 1. The van der Waals surface area contributed by atoms with Crippen molar-refractivity contribution in [3.63, 3.8) is 0 Å². The lowest BCUT2D eigenvalue weighted by atomic mass is 9.87. The summed E-state index contributed by atoms with van der Waals surface area (Å²) < 4.78 is 5.78. The normalized spacial score (nSPS) is 11.6. The third kappa shape index (κ3) is 6.95. The minimum absolute atomic E-state index is 0.212. The molecule has 0 heterocycles. The maximum Gasteiger partial charge on any atom is 0.119 e. The highest BCUT2D eigenvalue weighted by Crippen LogP contribution is 2.24. The van der Waals surface area contributed by atoms with E-state index in [-0.39, 0.29) is 5.41 Å². The van der Waals surface area contributed by atoms with E-state index in [0.717, 1.165) is 31.9 Å². The van der Waals surface area contributed by atoms with Crippen molar-refractivity contribution in [2.24, 2.45) is 0 Å². The van der Waals surface area contributed by atoms with Crippen LogP contribution in [0, 0.1) is 0 Å². The van der Waals surface area contributed by atoms with Gasteiger partial charge in [0.2, 0.25) is 0 Å². The minimum Gasteiger partial charge on any atom is -0.494 e. The van der Waals surface area contributed by atoms with Crippen molar-refractivity contribution in [3.8, 4) is 5.75 Å². The Morgan fingerprint density at radius 3 is 2.25 bits per heavy atom. The molecule has 2 heteroatoms. The Morgan fingerprint density at radius 2 is 1.65 bits per heavy atom. The second kappa shape index (κ2) is 9.02. The molecule has 0 saturated heterocycles. The quantitative estimate of drug-likeness (QED) is 0.669. The van der Waals surface area contributed by atoms with E-state index in [1.165, 1.54) is 24.8 Å². The lowest BCUT2D eigenvalue weighted by molar-refractivity contribution is 0.304. The van der Waals surface area contributed by atoms with Crippen LogP contribution in [-0.4, -0.2) is 19.7 Å². The Labute approximate surface area is 124 Å². The van der Waals surface area contributed by atoms with Crippen molar-refractivity contribution in [1.29, 1.82) is 0 Å². The molecule has 1 N–H and O–H groups in total. The van der Waals surface area contributed by atoms with Gasteiger partial charge in [-0.15, -0.1) is 0 Å². The molecule has 0 amide bonds. The Morgan fingerprint density at radius 1 is 0.950 bits per heavy atom. The van der Waals surface area contributed by atoms with Crippen LogP contribution in [0.2, 0.25) is 0 Å². The van der Waals surface area contributed by atoms with Gasteiger partial charge in [-0.3, -0.25) is 0 Å². The second-order valence-corrected chi connectivity index (χ2v) is 6.43. The summed E-state index contributed by atoms with van der Waals surface area (Å²) in [5.41, 5.74) is 1.57. The Hall–Kier alpha value is -1.02. The van der Waals surface area contributed by atoms with Gasteiger partial charge in [-0.2, -0.15) is 0 Å². The molecule has 0 unspecified atom stereocenters. The summed E-state index contributed by atoms with van der Waals surface area (Å²) in [5.74, 6) is 0.988. The van der Waals surface area contributed by atoms with Gasteiger partial charge in [0.1, 0.15) is 5.75 Å². The van der Waals surface area contributed by atoms with Gasteiger partial charge in [0.25, 0.3) is 0 Å². The fraction of sp³-hybridized carbons (Fsp3) is 0.667. The summed E-state index contributed by atoms with van der Waals surface area (Å²) in [7, 11) is 0. The summed E-state index contributed by atoms with van der Waals surface area (Å²) in [6, 6.07) is 8.51. The molecular formula is C18H31NO. The number of rotatable bonds is 9. The van der Waals surface area contributed by atoms with Crippen molar-refractivity contribution < 1.29 is 4.74 Å². The third-order valence-electron chi connectivity index (χ3n) is 3.41. The standard InChI is InChI=1S/C18H31NO/c1-5-13-19-14-7-6-8-15-20-17-11-9-16(10-12-17)18(2,3)4/h9-12,19H,5-8,13-15H2,1-4H3. The van der Waals surface area contributed by atoms with Crippen LogP contribution in [-0.2, 0) is 5.41 Å². The first kappa shape index (κ1) is 17.0. The number of ether oxygens (including phenoxy) is 1. The number of hydrogen-bond acceptors (Lipinski definition) is 2. The minimum atomic E-state index is 0.212. The van der Waals surface area contributed by atoms with E-state index in [1.807, 2.05) is 0 Å². The maximum absolute atomic E-state index is 5.78. The molecule has 0 aliphatic carbocycles. The fourth-order valence-electron chi connectivity index (χ4n) is 2.07. The van der Waals surface area contributed by atoms with Gasteiger partial charge < -0.3 is 10.1 Å². The molecule has 2 nitrogen and oxygen atoms in total. The van der Waals surface area contributed by atoms with E-state index in [1.54, 1.807) is 0 Å². The zero-order valence-corrected chi connectivity index (χ0v) is 13.7. The van der Waals surface area contributed by atoms with Crippen LogP contribution in [0.4, 0.5) is 0 Å². The van der Waals surface area contributed by atoms with Gasteiger partial charge in [-0.25, -0.2) is 0 Å². The topological polar surface area (TPSA) is 21.3 Å². The predicted molar refractivity (Wildman–Crippen MR) is 87.6 cm³/mol. The summed E-state index contributed by atoms with van der Waals surface area (Å²) >= 11 is 0. The van der Waals surface area contributed by atoms with E-state index in [4.69, 9.17) is 4.74 Å². The molecule has 0 spiro atoms. The molecule has 1 aromatic rings. The molecule has 0 aromatic heterocycles. The van der Waals surface area contributed by atoms with Gasteiger partial charge in [0.05, 0.1) is 6.61 Å². The monoisotopic (exact) mass is 277 g/mol. The van der Waals surface area contributed by atoms with Gasteiger partial charge >= 0.3 is 0 Å². The van der Waals surface area contributed by atoms with E-state index in [9.17, 15) is 0 Å². The molecule has 0 aliphatic heterocycles. The second-order valence-electron chi connectivity index (χ2n) is 6.43. The van der Waals surface area contributed by atoms with Crippen molar-refractivity contribution in [2.75, 3.05) is 19.7 Å². The summed E-state index contributed by atoms with van der Waals surface area (Å²) in [4.78, 5) is 0. The van der Waals surface area contributed by atoms with Gasteiger partial charge in [0.15, 0.2) is 0 Å². The van der Waals surface area contributed by atoms with Crippen LogP contribution in [0.1, 0.15) is 58.9 Å². The lowest BCUT2D eigenvalue weighted by Crippen LogP contribution is -2.15. The van der Waals surface area contributed by atoms with Gasteiger partial charge in [-0.1, -0.05) is 39.8 Å². The van der Waals surface area contributed by atoms with Crippen molar-refractivity contribution in [2.45, 2.75) is 58.8 Å². The van der Waals surface area contributed by atoms with Crippen molar-refractivity contribution in [3.05, 3.63) is 29.8 Å². The van der Waals surface area contributed by atoms with Crippen LogP contribution in [0.5, 0.6) is 5.75 Å². The first-order valence-electron chi connectivity index (χ1n) is 7.98. The zero-order valence-electron chi connectivity index (χ0n) is 13.7. The average Bonchev–Trinajstić information content (AvgIpc) is 2.41. The van der Waals surface area contributed by atoms with Crippen LogP contribution in [0.15, 0.2) is 24.3 Å². The maximum atomic E-state index is 5.78. The highest BCUT2D eigenvalue weighted by molar-refractivity contribution is 5.31. The zero-order chi connectivity index (χ0) is 14.8. The van der Waals surface area contributed by atoms with Crippen molar-refractivity contribution in [1.82, 2.24) is 5.32 Å². The first-order chi connectivity index (χ1) is 9.54. The van der Waals surface area contributed by atoms with Crippen LogP contribution >= 0.6 is 0 Å². The molecule has 0 aliphatic rings. The summed E-state index contributed by atoms with van der Waals surface area (Å²) in [5, 5.41) is 3.42. The summed E-state index contributed by atoms with van der Waals surface area (Å²) in [6.45, 7) is 12.0. The third-order valence-corrected chi connectivity index (χ3v) is 3.41. The summed E-state index contributed by atoms with van der Waals surface area (Å²) in [6.07, 6.45) is 4.83. The molecule has 0 fully saturated rings. The number of hydrogen-bond donors (Lipinski definition) is 1. The highest BCUT2D eigenvalue weighted by atomic mass is 16.5. The van der Waals surface area contributed by atoms with Crippen LogP contribution in [0.3, 0.4) is 0 Å². The molecule has 20 heavy (non-hydrogen) atoms. The smallest absolute Gasteiger partial charge is 0.119 e. The SMILES string of the molecule is CCCNCCCCCOc1ccc(C(C)(C)C)cc1. The molecule has 0 bridgehead atoms. The van der Waals surface area contributed by atoms with E-state index in [0.29, 0.717) is 0 Å². The number of unbranched alkanes of at least 4 members (excludes halogenated alkanes) is 2. The average molecular weight is 277 g/mol.